The summed E-state index contributed by atoms with van der Waals surface area (Å²) < 4.78 is 10.4. The van der Waals surface area contributed by atoms with Crippen molar-refractivity contribution in [2.24, 2.45) is 0 Å². The first-order valence-electron chi connectivity index (χ1n) is 4.48. The van der Waals surface area contributed by atoms with Crippen LogP contribution in [-0.4, -0.2) is 34.7 Å². The first-order chi connectivity index (χ1) is 5.29. The van der Waals surface area contributed by atoms with E-state index in [4.69, 9.17) is 9.47 Å². The number of hydrogen-bond acceptors (Lipinski definition) is 2. The van der Waals surface area contributed by atoms with E-state index in [2.05, 4.69) is 13.1 Å². The molecule has 0 N–H and O–H groups in total. The van der Waals surface area contributed by atoms with Crippen molar-refractivity contribution >= 4 is 8.80 Å². The zero-order valence-corrected chi connectivity index (χ0v) is 8.66. The van der Waals surface area contributed by atoms with Crippen LogP contribution < -0.4 is 0 Å². The maximum absolute atomic E-state index is 5.41. The highest BCUT2D eigenvalue weighted by atomic mass is 28.3. The molecule has 3 heteroatoms. The molecule has 0 amide bonds. The quantitative estimate of drug-likeness (QED) is 0.344. The highest BCUT2D eigenvalue weighted by Crippen LogP contribution is 2.08. The van der Waals surface area contributed by atoms with E-state index in [1.807, 2.05) is 0 Å². The topological polar surface area (TPSA) is 21.8 Å². The molecule has 11 heavy (non-hydrogen) atoms. The van der Waals surface area contributed by atoms with E-state index in [1.165, 1.54) is 12.5 Å². The zero-order valence-electron chi connectivity index (χ0n) is 7.51. The molecule has 1 aliphatic heterocycles. The molecule has 1 unspecified atom stereocenters. The van der Waals surface area contributed by atoms with Crippen LogP contribution in [0, 0.1) is 0 Å². The molecule has 0 bridgehead atoms. The molecule has 0 aliphatic carbocycles. The van der Waals surface area contributed by atoms with Crippen LogP contribution in [-0.2, 0) is 9.47 Å². The van der Waals surface area contributed by atoms with E-state index in [-0.39, 0.29) is 8.80 Å². The van der Waals surface area contributed by atoms with Gasteiger partial charge in [0.05, 0.1) is 13.2 Å². The van der Waals surface area contributed by atoms with Gasteiger partial charge in [0, 0.05) is 15.4 Å². The Morgan fingerprint density at radius 3 is 2.82 bits per heavy atom. The summed E-state index contributed by atoms with van der Waals surface area (Å²) >= 11 is 0. The average molecular weight is 174 g/mol. The molecule has 1 heterocycles. The van der Waals surface area contributed by atoms with Crippen molar-refractivity contribution in [3.05, 3.63) is 0 Å². The van der Waals surface area contributed by atoms with Gasteiger partial charge in [0.2, 0.25) is 0 Å². The third kappa shape index (κ3) is 5.41. The highest BCUT2D eigenvalue weighted by Gasteiger charge is 2.21. The molecule has 1 atom stereocenters. The minimum atomic E-state index is -0.333. The van der Waals surface area contributed by atoms with Gasteiger partial charge < -0.3 is 9.47 Å². The van der Waals surface area contributed by atoms with Crippen molar-refractivity contribution in [1.29, 1.82) is 0 Å². The summed E-state index contributed by atoms with van der Waals surface area (Å²) in [6.45, 7) is 7.43. The van der Waals surface area contributed by atoms with Crippen LogP contribution in [0.5, 0.6) is 0 Å². The summed E-state index contributed by atoms with van der Waals surface area (Å²) in [7, 11) is -0.333. The Kier molecular flexibility index (Phi) is 4.11. The Morgan fingerprint density at radius 2 is 2.27 bits per heavy atom. The second-order valence-electron chi connectivity index (χ2n) is 3.57. The van der Waals surface area contributed by atoms with Crippen LogP contribution in [0.4, 0.5) is 0 Å². The van der Waals surface area contributed by atoms with Gasteiger partial charge in [-0.15, -0.1) is 0 Å². The smallest absolute Gasteiger partial charge is 0.104 e. The van der Waals surface area contributed by atoms with Gasteiger partial charge in [-0.1, -0.05) is 19.1 Å². The second kappa shape index (κ2) is 4.90. The van der Waals surface area contributed by atoms with E-state index < -0.39 is 0 Å². The Morgan fingerprint density at radius 1 is 1.55 bits per heavy atom. The third-order valence-corrected chi connectivity index (χ3v) is 3.34. The van der Waals surface area contributed by atoms with E-state index in [1.54, 1.807) is 0 Å². The van der Waals surface area contributed by atoms with Crippen molar-refractivity contribution in [3.63, 3.8) is 0 Å². The van der Waals surface area contributed by atoms with Crippen molar-refractivity contribution in [2.75, 3.05) is 19.8 Å². The van der Waals surface area contributed by atoms with Gasteiger partial charge in [0.1, 0.15) is 6.10 Å². The molecule has 1 rings (SSSR count). The van der Waals surface area contributed by atoms with Crippen LogP contribution >= 0.6 is 0 Å². The van der Waals surface area contributed by atoms with Gasteiger partial charge in [0.15, 0.2) is 0 Å². The SMILES string of the molecule is C[SiH](C)CCCOCC1CO1. The molecular weight excluding hydrogens is 156 g/mol. The van der Waals surface area contributed by atoms with E-state index in [0.29, 0.717) is 6.10 Å². The summed E-state index contributed by atoms with van der Waals surface area (Å²) in [6.07, 6.45) is 1.68. The van der Waals surface area contributed by atoms with Crippen LogP contribution in [0.15, 0.2) is 0 Å². The van der Waals surface area contributed by atoms with Crippen LogP contribution in [0.25, 0.3) is 0 Å². The summed E-state index contributed by atoms with van der Waals surface area (Å²) in [5, 5.41) is 0. The van der Waals surface area contributed by atoms with Gasteiger partial charge in [-0.3, -0.25) is 0 Å². The fourth-order valence-corrected chi connectivity index (χ4v) is 1.96. The molecule has 1 aliphatic rings. The van der Waals surface area contributed by atoms with Gasteiger partial charge in [0.25, 0.3) is 0 Å². The van der Waals surface area contributed by atoms with Crippen LogP contribution in [0.3, 0.4) is 0 Å². The first kappa shape index (κ1) is 9.23. The largest absolute Gasteiger partial charge is 0.379 e. The molecule has 0 aromatic rings. The predicted octanol–water partition coefficient (Wildman–Crippen LogP) is 1.28. The summed E-state index contributed by atoms with van der Waals surface area (Å²) in [5.74, 6) is 0. The molecule has 0 aromatic carbocycles. The molecule has 2 nitrogen and oxygen atoms in total. The van der Waals surface area contributed by atoms with Gasteiger partial charge >= 0.3 is 0 Å². The molecule has 1 saturated heterocycles. The van der Waals surface area contributed by atoms with Crippen molar-refractivity contribution in [3.8, 4) is 0 Å². The summed E-state index contributed by atoms with van der Waals surface area (Å²) in [5.41, 5.74) is 0. The predicted molar refractivity (Wildman–Crippen MR) is 48.9 cm³/mol. The Bertz CT molecular complexity index is 98.3. The number of rotatable bonds is 6. The van der Waals surface area contributed by atoms with Crippen LogP contribution in [0.1, 0.15) is 6.42 Å². The fraction of sp³-hybridized carbons (Fsp3) is 1.00. The molecular formula is C8H18O2Si. The number of ether oxygens (including phenoxy) is 2. The molecule has 0 radical (unpaired) electrons. The average Bonchev–Trinajstić information content (AvgIpc) is 2.70. The molecule has 0 saturated carbocycles. The fourth-order valence-electron chi connectivity index (χ4n) is 0.973. The maximum Gasteiger partial charge on any atom is 0.104 e. The molecule has 0 spiro atoms. The van der Waals surface area contributed by atoms with E-state index in [0.717, 1.165) is 19.8 Å². The Balaban J connectivity index is 1.73. The van der Waals surface area contributed by atoms with Gasteiger partial charge in [-0.25, -0.2) is 0 Å². The summed E-state index contributed by atoms with van der Waals surface area (Å²) in [6, 6.07) is 1.41. The lowest BCUT2D eigenvalue weighted by molar-refractivity contribution is 0.117. The number of epoxide rings is 1. The lowest BCUT2D eigenvalue weighted by atomic mass is 10.5. The zero-order chi connectivity index (χ0) is 8.10. The standard InChI is InChI=1S/C8H18O2Si/c1-11(2)5-3-4-9-6-8-7-10-8/h8,11H,3-7H2,1-2H3. The lowest BCUT2D eigenvalue weighted by Crippen LogP contribution is -2.05. The van der Waals surface area contributed by atoms with E-state index in [9.17, 15) is 0 Å². The first-order valence-corrected chi connectivity index (χ1v) is 7.61. The minimum Gasteiger partial charge on any atom is -0.379 e. The number of hydrogen-bond donors (Lipinski definition) is 0. The monoisotopic (exact) mass is 174 g/mol. The maximum atomic E-state index is 5.41. The molecule has 0 aromatic heterocycles. The Hall–Kier alpha value is 0.137. The minimum absolute atomic E-state index is 0.333. The third-order valence-electron chi connectivity index (χ3n) is 1.78. The van der Waals surface area contributed by atoms with Crippen LogP contribution in [0.2, 0.25) is 19.1 Å². The normalized spacial score (nSPS) is 22.6. The van der Waals surface area contributed by atoms with Gasteiger partial charge in [-0.2, -0.15) is 0 Å². The Labute approximate surface area is 70.5 Å². The summed E-state index contributed by atoms with van der Waals surface area (Å²) in [4.78, 5) is 0. The van der Waals surface area contributed by atoms with Crippen molar-refractivity contribution < 1.29 is 9.47 Å². The second-order valence-corrected chi connectivity index (χ2v) is 6.93. The molecule has 1 fully saturated rings. The lowest BCUT2D eigenvalue weighted by Gasteiger charge is -2.03. The van der Waals surface area contributed by atoms with Crippen molar-refractivity contribution in [2.45, 2.75) is 31.7 Å². The molecule has 66 valence electrons. The van der Waals surface area contributed by atoms with Crippen molar-refractivity contribution in [1.82, 2.24) is 0 Å². The highest BCUT2D eigenvalue weighted by molar-refractivity contribution is 6.55. The van der Waals surface area contributed by atoms with Gasteiger partial charge in [-0.05, 0) is 6.42 Å². The van der Waals surface area contributed by atoms with E-state index >= 15 is 0 Å².